The van der Waals surface area contributed by atoms with Gasteiger partial charge in [-0.3, -0.25) is 0 Å². The molecule has 0 aliphatic carbocycles. The minimum atomic E-state index is -3.62. The van der Waals surface area contributed by atoms with Crippen molar-refractivity contribution in [3.63, 3.8) is 0 Å². The number of sulfone groups is 1. The summed E-state index contributed by atoms with van der Waals surface area (Å²) in [4.78, 5) is 0.641. The van der Waals surface area contributed by atoms with E-state index in [1.807, 2.05) is 48.5 Å². The Morgan fingerprint density at radius 1 is 0.741 bits per heavy atom. The third kappa shape index (κ3) is 4.46. The van der Waals surface area contributed by atoms with Gasteiger partial charge in [-0.05, 0) is 50.1 Å². The first-order chi connectivity index (χ1) is 12.8. The van der Waals surface area contributed by atoms with Gasteiger partial charge in [0, 0.05) is 5.54 Å². The third-order valence-corrected chi connectivity index (χ3v) is 6.13. The molecular weight excluding hydrogens is 354 g/mol. The van der Waals surface area contributed by atoms with E-state index in [-0.39, 0.29) is 11.6 Å². The van der Waals surface area contributed by atoms with Gasteiger partial charge in [0.15, 0.2) is 0 Å². The Balaban J connectivity index is 2.18. The van der Waals surface area contributed by atoms with Gasteiger partial charge in [0.25, 0.3) is 0 Å². The number of hydrogen-bond donors (Lipinski definition) is 1. The Morgan fingerprint density at radius 3 is 1.85 bits per heavy atom. The zero-order valence-corrected chi connectivity index (χ0v) is 16.7. The topological polar surface area (TPSA) is 46.2 Å². The van der Waals surface area contributed by atoms with Crippen LogP contribution in [0.25, 0.3) is 0 Å². The molecule has 3 rings (SSSR count). The summed E-state index contributed by atoms with van der Waals surface area (Å²) in [6.07, 6.45) is 0. The maximum Gasteiger partial charge on any atom is 0.206 e. The molecule has 1 N–H and O–H groups in total. The summed E-state index contributed by atoms with van der Waals surface area (Å²) < 4.78 is 26.7. The molecule has 0 aromatic heterocycles. The number of nitrogens with one attached hydrogen (secondary N) is 1. The van der Waals surface area contributed by atoms with Gasteiger partial charge in [0.2, 0.25) is 9.84 Å². The fourth-order valence-corrected chi connectivity index (χ4v) is 4.63. The lowest BCUT2D eigenvalue weighted by Crippen LogP contribution is -2.39. The molecule has 0 aliphatic rings. The predicted molar refractivity (Wildman–Crippen MR) is 110 cm³/mol. The Hall–Kier alpha value is -2.43. The molecule has 3 nitrogen and oxygen atoms in total. The molecule has 0 bridgehead atoms. The first kappa shape index (κ1) is 19.3. The normalized spacial score (nSPS) is 13.3. The van der Waals surface area contributed by atoms with Crippen LogP contribution in [0.3, 0.4) is 0 Å². The summed E-state index contributed by atoms with van der Waals surface area (Å²) in [5.41, 5.74) is 1.59. The average Bonchev–Trinajstić information content (AvgIpc) is 2.67. The molecule has 0 fully saturated rings. The van der Waals surface area contributed by atoms with Crippen molar-refractivity contribution in [1.29, 1.82) is 0 Å². The largest absolute Gasteiger partial charge is 0.301 e. The van der Waals surface area contributed by atoms with Gasteiger partial charge in [-0.15, -0.1) is 0 Å². The van der Waals surface area contributed by atoms with Crippen molar-refractivity contribution in [2.75, 3.05) is 0 Å². The van der Waals surface area contributed by atoms with E-state index >= 15 is 0 Å². The highest BCUT2D eigenvalue weighted by Crippen LogP contribution is 2.32. The monoisotopic (exact) mass is 379 g/mol. The zero-order chi connectivity index (χ0) is 19.5. The zero-order valence-electron chi connectivity index (χ0n) is 15.9. The van der Waals surface area contributed by atoms with E-state index in [9.17, 15) is 8.42 Å². The summed E-state index contributed by atoms with van der Waals surface area (Å²) in [6.45, 7) is 6.24. The smallest absolute Gasteiger partial charge is 0.206 e. The molecule has 1 unspecified atom stereocenters. The molecule has 0 heterocycles. The van der Waals surface area contributed by atoms with Crippen LogP contribution < -0.4 is 5.32 Å². The molecule has 140 valence electrons. The molecule has 0 saturated carbocycles. The van der Waals surface area contributed by atoms with Crippen molar-refractivity contribution in [1.82, 2.24) is 5.32 Å². The highest BCUT2D eigenvalue weighted by molar-refractivity contribution is 7.91. The van der Waals surface area contributed by atoms with Gasteiger partial charge in [0.05, 0.1) is 15.8 Å². The van der Waals surface area contributed by atoms with Crippen LogP contribution in [0, 0.1) is 0 Å². The van der Waals surface area contributed by atoms with E-state index in [1.54, 1.807) is 36.4 Å². The molecule has 3 aromatic carbocycles. The molecule has 3 aromatic rings. The molecule has 0 aliphatic heterocycles. The molecule has 4 heteroatoms. The van der Waals surface area contributed by atoms with E-state index in [0.29, 0.717) is 9.79 Å². The van der Waals surface area contributed by atoms with Crippen LogP contribution >= 0.6 is 0 Å². The third-order valence-electron chi connectivity index (χ3n) is 4.28. The first-order valence-corrected chi connectivity index (χ1v) is 10.5. The Bertz CT molecular complexity index is 991. The van der Waals surface area contributed by atoms with Gasteiger partial charge < -0.3 is 5.32 Å². The van der Waals surface area contributed by atoms with Crippen molar-refractivity contribution in [3.05, 3.63) is 96.1 Å². The SMILES string of the molecule is CC(C)(C)NC(c1ccccc1)c1ccccc1S(=O)(=O)c1ccccc1. The van der Waals surface area contributed by atoms with Gasteiger partial charge in [-0.2, -0.15) is 0 Å². The van der Waals surface area contributed by atoms with E-state index in [1.165, 1.54) is 0 Å². The fraction of sp³-hybridized carbons (Fsp3) is 0.217. The van der Waals surface area contributed by atoms with Gasteiger partial charge in [-0.1, -0.05) is 66.7 Å². The lowest BCUT2D eigenvalue weighted by Gasteiger charge is -2.30. The van der Waals surface area contributed by atoms with Crippen LogP contribution in [0.4, 0.5) is 0 Å². The van der Waals surface area contributed by atoms with E-state index < -0.39 is 9.84 Å². The van der Waals surface area contributed by atoms with Gasteiger partial charge >= 0.3 is 0 Å². The van der Waals surface area contributed by atoms with Gasteiger partial charge in [0.1, 0.15) is 0 Å². The van der Waals surface area contributed by atoms with Crippen molar-refractivity contribution >= 4 is 9.84 Å². The Kier molecular flexibility index (Phi) is 5.49. The highest BCUT2D eigenvalue weighted by Gasteiger charge is 2.28. The minimum absolute atomic E-state index is 0.190. The van der Waals surface area contributed by atoms with Crippen LogP contribution in [-0.2, 0) is 9.84 Å². The van der Waals surface area contributed by atoms with Crippen LogP contribution in [-0.4, -0.2) is 14.0 Å². The lowest BCUT2D eigenvalue weighted by atomic mass is 9.95. The van der Waals surface area contributed by atoms with Crippen LogP contribution in [0.2, 0.25) is 0 Å². The lowest BCUT2D eigenvalue weighted by molar-refractivity contribution is 0.388. The average molecular weight is 380 g/mol. The predicted octanol–water partition coefficient (Wildman–Crippen LogP) is 5.00. The summed E-state index contributed by atoms with van der Waals surface area (Å²) in [5, 5.41) is 3.59. The summed E-state index contributed by atoms with van der Waals surface area (Å²) >= 11 is 0. The van der Waals surface area contributed by atoms with Crippen molar-refractivity contribution in [2.24, 2.45) is 0 Å². The van der Waals surface area contributed by atoms with Gasteiger partial charge in [-0.25, -0.2) is 8.42 Å². The second-order valence-electron chi connectivity index (χ2n) is 7.59. The van der Waals surface area contributed by atoms with Crippen molar-refractivity contribution < 1.29 is 8.42 Å². The molecule has 1 atom stereocenters. The number of hydrogen-bond acceptors (Lipinski definition) is 3. The Labute approximate surface area is 162 Å². The quantitative estimate of drug-likeness (QED) is 0.679. The van der Waals surface area contributed by atoms with Crippen molar-refractivity contribution in [2.45, 2.75) is 42.1 Å². The molecular formula is C23H25NO2S. The number of benzene rings is 3. The molecule has 0 radical (unpaired) electrons. The summed E-state index contributed by atoms with van der Waals surface area (Å²) in [6, 6.07) is 25.6. The molecule has 0 amide bonds. The Morgan fingerprint density at radius 2 is 1.26 bits per heavy atom. The number of rotatable bonds is 5. The summed E-state index contributed by atoms with van der Waals surface area (Å²) in [7, 11) is -3.62. The van der Waals surface area contributed by atoms with Crippen LogP contribution in [0.1, 0.15) is 37.9 Å². The minimum Gasteiger partial charge on any atom is -0.301 e. The van der Waals surface area contributed by atoms with E-state index in [4.69, 9.17) is 0 Å². The van der Waals surface area contributed by atoms with Crippen LogP contribution in [0.15, 0.2) is 94.7 Å². The van der Waals surface area contributed by atoms with Crippen molar-refractivity contribution in [3.8, 4) is 0 Å². The fourth-order valence-electron chi connectivity index (χ4n) is 3.11. The highest BCUT2D eigenvalue weighted by atomic mass is 32.2. The molecule has 0 saturated heterocycles. The molecule has 27 heavy (non-hydrogen) atoms. The summed E-state index contributed by atoms with van der Waals surface area (Å²) in [5.74, 6) is 0. The standard InChI is InChI=1S/C23H25NO2S/c1-23(2,3)24-22(18-12-6-4-7-13-18)20-16-10-11-17-21(20)27(25,26)19-14-8-5-9-15-19/h4-17,22,24H,1-3H3. The first-order valence-electron chi connectivity index (χ1n) is 9.01. The maximum atomic E-state index is 13.3. The molecule has 0 spiro atoms. The van der Waals surface area contributed by atoms with E-state index in [0.717, 1.165) is 11.1 Å². The second kappa shape index (κ2) is 7.67. The maximum absolute atomic E-state index is 13.3. The van der Waals surface area contributed by atoms with E-state index in [2.05, 4.69) is 26.1 Å². The van der Waals surface area contributed by atoms with Crippen LogP contribution in [0.5, 0.6) is 0 Å². The second-order valence-corrected chi connectivity index (χ2v) is 9.51.